The average Bonchev–Trinajstić information content (AvgIpc) is 3.03. The van der Waals surface area contributed by atoms with Crippen LogP contribution >= 0.6 is 11.3 Å². The number of amides is 1. The van der Waals surface area contributed by atoms with Gasteiger partial charge in [0.15, 0.2) is 5.01 Å². The van der Waals surface area contributed by atoms with Crippen LogP contribution in [0.3, 0.4) is 0 Å². The summed E-state index contributed by atoms with van der Waals surface area (Å²) in [5.41, 5.74) is 2.92. The van der Waals surface area contributed by atoms with Crippen LogP contribution in [-0.4, -0.2) is 10.9 Å². The van der Waals surface area contributed by atoms with Gasteiger partial charge in [0, 0.05) is 5.69 Å². The number of benzene rings is 1. The van der Waals surface area contributed by atoms with Gasteiger partial charge in [-0.05, 0) is 34.9 Å². The Labute approximate surface area is 141 Å². The van der Waals surface area contributed by atoms with Crippen molar-refractivity contribution >= 4 is 22.9 Å². The van der Waals surface area contributed by atoms with Crippen molar-refractivity contribution in [1.29, 1.82) is 0 Å². The second-order valence-corrected chi connectivity index (χ2v) is 7.77. The van der Waals surface area contributed by atoms with Gasteiger partial charge >= 0.3 is 6.18 Å². The lowest BCUT2D eigenvalue weighted by molar-refractivity contribution is -0.137. The van der Waals surface area contributed by atoms with Crippen molar-refractivity contribution in [3.8, 4) is 0 Å². The Bertz CT molecular complexity index is 795. The highest BCUT2D eigenvalue weighted by atomic mass is 32.1. The summed E-state index contributed by atoms with van der Waals surface area (Å²) >= 11 is 0.353. The number of hydrogen-bond acceptors (Lipinski definition) is 3. The van der Waals surface area contributed by atoms with Crippen LogP contribution in [0.4, 0.5) is 18.9 Å². The molecule has 1 heterocycles. The first-order valence-electron chi connectivity index (χ1n) is 7.57. The maximum Gasteiger partial charge on any atom is 0.443 e. The van der Waals surface area contributed by atoms with Crippen molar-refractivity contribution < 1.29 is 18.0 Å². The van der Waals surface area contributed by atoms with Crippen LogP contribution in [0.2, 0.25) is 0 Å². The molecule has 1 aromatic carbocycles. The van der Waals surface area contributed by atoms with Crippen LogP contribution < -0.4 is 5.32 Å². The molecule has 1 N–H and O–H groups in total. The first-order valence-corrected chi connectivity index (χ1v) is 8.39. The van der Waals surface area contributed by atoms with E-state index in [9.17, 15) is 18.0 Å². The lowest BCUT2D eigenvalue weighted by Crippen LogP contribution is -2.14. The fourth-order valence-corrected chi connectivity index (χ4v) is 4.15. The van der Waals surface area contributed by atoms with Crippen LogP contribution in [-0.2, 0) is 11.6 Å². The molecule has 0 radical (unpaired) electrons. The van der Waals surface area contributed by atoms with Crippen LogP contribution in [0.1, 0.15) is 58.9 Å². The molecular weight excluding hydrogens is 337 g/mol. The van der Waals surface area contributed by atoms with E-state index in [2.05, 4.69) is 31.1 Å². The first-order chi connectivity index (χ1) is 11.1. The van der Waals surface area contributed by atoms with Crippen LogP contribution in [0.5, 0.6) is 0 Å². The van der Waals surface area contributed by atoms with Gasteiger partial charge in [-0.1, -0.05) is 32.9 Å². The molecule has 0 spiro atoms. The normalized spacial score (nSPS) is 19.2. The SMILES string of the molecule is CC1CC(C)(C)c2cccc(NC(=O)c3cnc(C(F)(F)F)s3)c21. The third kappa shape index (κ3) is 2.92. The third-order valence-corrected chi connectivity index (χ3v) is 5.41. The Morgan fingerprint density at radius 3 is 2.71 bits per heavy atom. The summed E-state index contributed by atoms with van der Waals surface area (Å²) in [5, 5.41) is 1.74. The number of nitrogens with one attached hydrogen (secondary N) is 1. The van der Waals surface area contributed by atoms with E-state index in [4.69, 9.17) is 0 Å². The number of rotatable bonds is 2. The molecule has 1 aliphatic rings. The predicted molar refractivity (Wildman–Crippen MR) is 87.6 cm³/mol. The fraction of sp³-hybridized carbons (Fsp3) is 0.412. The number of carbonyl (C=O) groups excluding carboxylic acids is 1. The molecule has 128 valence electrons. The summed E-state index contributed by atoms with van der Waals surface area (Å²) in [4.78, 5) is 15.6. The third-order valence-electron chi connectivity index (χ3n) is 4.36. The van der Waals surface area contributed by atoms with E-state index >= 15 is 0 Å². The molecule has 1 amide bonds. The zero-order chi connectivity index (χ0) is 17.7. The molecule has 3 rings (SSSR count). The quantitative estimate of drug-likeness (QED) is 0.805. The molecule has 1 aliphatic carbocycles. The monoisotopic (exact) mass is 354 g/mol. The number of aromatic nitrogens is 1. The second kappa shape index (κ2) is 5.58. The summed E-state index contributed by atoms with van der Waals surface area (Å²) in [6.07, 6.45) is -2.59. The summed E-state index contributed by atoms with van der Waals surface area (Å²) in [7, 11) is 0. The van der Waals surface area contributed by atoms with Gasteiger partial charge < -0.3 is 5.32 Å². The maximum atomic E-state index is 12.6. The van der Waals surface area contributed by atoms with Crippen molar-refractivity contribution in [3.05, 3.63) is 45.4 Å². The summed E-state index contributed by atoms with van der Waals surface area (Å²) in [6, 6.07) is 5.70. The number of alkyl halides is 3. The molecule has 0 fully saturated rings. The molecular formula is C17H17F3N2OS. The van der Waals surface area contributed by atoms with Gasteiger partial charge in [-0.15, -0.1) is 11.3 Å². The Hall–Kier alpha value is -1.89. The van der Waals surface area contributed by atoms with Crippen molar-refractivity contribution in [2.24, 2.45) is 0 Å². The highest BCUT2D eigenvalue weighted by Crippen LogP contribution is 2.48. The summed E-state index contributed by atoms with van der Waals surface area (Å²) in [5.74, 6) is -0.285. The fourth-order valence-electron chi connectivity index (χ4n) is 3.47. The zero-order valence-corrected chi connectivity index (χ0v) is 14.3. The summed E-state index contributed by atoms with van der Waals surface area (Å²) < 4.78 is 37.9. The molecule has 1 atom stereocenters. The van der Waals surface area contributed by atoms with Gasteiger partial charge in [0.05, 0.1) is 6.20 Å². The number of halogens is 3. The van der Waals surface area contributed by atoms with Gasteiger partial charge in [0.2, 0.25) is 0 Å². The van der Waals surface area contributed by atoms with E-state index in [0.717, 1.165) is 18.2 Å². The molecule has 2 aromatic rings. The molecule has 1 unspecified atom stereocenters. The molecule has 3 nitrogen and oxygen atoms in total. The first kappa shape index (κ1) is 17.0. The molecule has 0 bridgehead atoms. The Morgan fingerprint density at radius 2 is 2.08 bits per heavy atom. The maximum absolute atomic E-state index is 12.6. The largest absolute Gasteiger partial charge is 0.443 e. The standard InChI is InChI=1S/C17H17F3N2OS/c1-9-7-16(2,3)10-5-4-6-11(13(9)10)22-14(23)12-8-21-15(24-12)17(18,19)20/h4-6,8-9H,7H2,1-3H3,(H,22,23). The van der Waals surface area contributed by atoms with E-state index in [1.807, 2.05) is 12.1 Å². The minimum Gasteiger partial charge on any atom is -0.321 e. The predicted octanol–water partition coefficient (Wildman–Crippen LogP) is 5.20. The average molecular weight is 354 g/mol. The topological polar surface area (TPSA) is 42.0 Å². The molecule has 0 saturated heterocycles. The van der Waals surface area contributed by atoms with Crippen LogP contribution in [0, 0.1) is 0 Å². The van der Waals surface area contributed by atoms with Crippen molar-refractivity contribution in [2.45, 2.75) is 44.7 Å². The number of anilines is 1. The van der Waals surface area contributed by atoms with Crippen molar-refractivity contribution in [3.63, 3.8) is 0 Å². The minimum absolute atomic E-state index is 0.0173. The van der Waals surface area contributed by atoms with Gasteiger partial charge in [-0.2, -0.15) is 13.2 Å². The van der Waals surface area contributed by atoms with E-state index < -0.39 is 17.1 Å². The molecule has 0 saturated carbocycles. The summed E-state index contributed by atoms with van der Waals surface area (Å²) in [6.45, 7) is 6.40. The van der Waals surface area contributed by atoms with Gasteiger partial charge in [0.1, 0.15) is 4.88 Å². The number of thiazole rings is 1. The smallest absolute Gasteiger partial charge is 0.321 e. The number of hydrogen-bond donors (Lipinski definition) is 1. The van der Waals surface area contributed by atoms with E-state index in [-0.39, 0.29) is 16.2 Å². The van der Waals surface area contributed by atoms with Gasteiger partial charge in [0.25, 0.3) is 5.91 Å². The van der Waals surface area contributed by atoms with E-state index in [1.165, 1.54) is 5.56 Å². The Kier molecular flexibility index (Phi) is 3.94. The number of fused-ring (bicyclic) bond motifs is 1. The Balaban J connectivity index is 1.89. The van der Waals surface area contributed by atoms with Crippen LogP contribution in [0.15, 0.2) is 24.4 Å². The lowest BCUT2D eigenvalue weighted by atomic mass is 9.86. The molecule has 7 heteroatoms. The second-order valence-electron chi connectivity index (χ2n) is 6.74. The number of nitrogens with zero attached hydrogens (tertiary/aromatic N) is 1. The minimum atomic E-state index is -4.53. The zero-order valence-electron chi connectivity index (χ0n) is 13.5. The van der Waals surface area contributed by atoms with E-state index in [1.54, 1.807) is 6.07 Å². The molecule has 0 aliphatic heterocycles. The van der Waals surface area contributed by atoms with Crippen LogP contribution in [0.25, 0.3) is 0 Å². The number of carbonyl (C=O) groups is 1. The molecule has 24 heavy (non-hydrogen) atoms. The van der Waals surface area contributed by atoms with Gasteiger partial charge in [-0.3, -0.25) is 4.79 Å². The highest BCUT2D eigenvalue weighted by Gasteiger charge is 2.37. The molecule has 1 aromatic heterocycles. The highest BCUT2D eigenvalue weighted by molar-refractivity contribution is 7.13. The van der Waals surface area contributed by atoms with Gasteiger partial charge in [-0.25, -0.2) is 4.98 Å². The lowest BCUT2D eigenvalue weighted by Gasteiger charge is -2.19. The Morgan fingerprint density at radius 1 is 1.38 bits per heavy atom. The van der Waals surface area contributed by atoms with Crippen molar-refractivity contribution in [1.82, 2.24) is 4.98 Å². The van der Waals surface area contributed by atoms with Crippen molar-refractivity contribution in [2.75, 3.05) is 5.32 Å². The van der Waals surface area contributed by atoms with E-state index in [0.29, 0.717) is 17.0 Å².